The Labute approximate surface area is 144 Å². The molecule has 0 amide bonds. The normalized spacial score (nSPS) is 15.8. The smallest absolute Gasteiger partial charge is 0.236 e. The number of aromatic hydroxyl groups is 1. The minimum atomic E-state index is 0.350. The van der Waals surface area contributed by atoms with Gasteiger partial charge >= 0.3 is 0 Å². The molecule has 1 aliphatic rings. The average Bonchev–Trinajstić information content (AvgIpc) is 3.27. The zero-order chi connectivity index (χ0) is 16.4. The van der Waals surface area contributed by atoms with Gasteiger partial charge in [0, 0.05) is 32.7 Å². The number of rotatable bonds is 4. The van der Waals surface area contributed by atoms with Crippen molar-refractivity contribution in [2.45, 2.75) is 6.54 Å². The Morgan fingerprint density at radius 3 is 2.67 bits per heavy atom. The first-order valence-corrected chi connectivity index (χ1v) is 8.91. The van der Waals surface area contributed by atoms with Crippen LogP contribution in [-0.2, 0) is 6.54 Å². The molecule has 5 nitrogen and oxygen atoms in total. The summed E-state index contributed by atoms with van der Waals surface area (Å²) in [6.07, 6.45) is 1.75. The minimum absolute atomic E-state index is 0.350. The molecule has 1 aromatic carbocycles. The van der Waals surface area contributed by atoms with Gasteiger partial charge in [-0.05, 0) is 23.6 Å². The summed E-state index contributed by atoms with van der Waals surface area (Å²) in [4.78, 5) is 10.2. The minimum Gasteiger partial charge on any atom is -0.506 e. The standard InChI is InChI=1S/C18H19N3O2S/c22-16-5-2-1-4-15(16)21-9-7-20(8-10-21)12-14-13-23-18(19-14)17-6-3-11-24-17/h1-6,11,13,22H,7-10,12H2. The van der Waals surface area contributed by atoms with Crippen LogP contribution in [-0.4, -0.2) is 41.2 Å². The number of benzene rings is 1. The van der Waals surface area contributed by atoms with Crippen LogP contribution in [0.1, 0.15) is 5.69 Å². The predicted molar refractivity (Wildman–Crippen MR) is 95.4 cm³/mol. The van der Waals surface area contributed by atoms with Crippen molar-refractivity contribution in [3.63, 3.8) is 0 Å². The fourth-order valence-electron chi connectivity index (χ4n) is 3.00. The molecule has 0 radical (unpaired) electrons. The quantitative estimate of drug-likeness (QED) is 0.788. The van der Waals surface area contributed by atoms with Crippen LogP contribution in [0.4, 0.5) is 5.69 Å². The maximum Gasteiger partial charge on any atom is 0.236 e. The van der Waals surface area contributed by atoms with E-state index in [4.69, 9.17) is 4.42 Å². The molecule has 1 fully saturated rings. The molecular weight excluding hydrogens is 322 g/mol. The number of nitrogens with zero attached hydrogens (tertiary/aromatic N) is 3. The maximum atomic E-state index is 9.98. The summed E-state index contributed by atoms with van der Waals surface area (Å²) in [5.74, 6) is 1.05. The van der Waals surface area contributed by atoms with Crippen LogP contribution < -0.4 is 4.90 Å². The third kappa shape index (κ3) is 3.16. The number of hydrogen-bond acceptors (Lipinski definition) is 6. The Morgan fingerprint density at radius 1 is 1.08 bits per heavy atom. The molecule has 3 aromatic rings. The van der Waals surface area contributed by atoms with Gasteiger partial charge in [0.2, 0.25) is 5.89 Å². The van der Waals surface area contributed by atoms with Crippen molar-refractivity contribution in [3.8, 4) is 16.5 Å². The average molecular weight is 341 g/mol. The van der Waals surface area contributed by atoms with Gasteiger partial charge in [-0.25, -0.2) is 4.98 Å². The van der Waals surface area contributed by atoms with E-state index >= 15 is 0 Å². The van der Waals surface area contributed by atoms with E-state index in [1.54, 1.807) is 23.7 Å². The van der Waals surface area contributed by atoms with E-state index in [0.717, 1.165) is 49.0 Å². The first kappa shape index (κ1) is 15.2. The summed E-state index contributed by atoms with van der Waals surface area (Å²) in [6.45, 7) is 4.47. The summed E-state index contributed by atoms with van der Waals surface area (Å²) in [5, 5.41) is 12.0. The van der Waals surface area contributed by atoms with Gasteiger partial charge in [0.15, 0.2) is 0 Å². The lowest BCUT2D eigenvalue weighted by atomic mass is 10.2. The zero-order valence-electron chi connectivity index (χ0n) is 13.3. The van der Waals surface area contributed by atoms with Crippen LogP contribution in [0.2, 0.25) is 0 Å². The Morgan fingerprint density at radius 2 is 1.92 bits per heavy atom. The number of phenolic OH excluding ortho intramolecular Hbond substituents is 1. The van der Waals surface area contributed by atoms with E-state index in [1.165, 1.54) is 0 Å². The summed E-state index contributed by atoms with van der Waals surface area (Å²) < 4.78 is 5.59. The van der Waals surface area contributed by atoms with E-state index in [0.29, 0.717) is 11.6 Å². The highest BCUT2D eigenvalue weighted by Gasteiger charge is 2.20. The van der Waals surface area contributed by atoms with Crippen molar-refractivity contribution < 1.29 is 9.52 Å². The SMILES string of the molecule is Oc1ccccc1N1CCN(Cc2coc(-c3cccs3)n2)CC1. The van der Waals surface area contributed by atoms with Crippen molar-refractivity contribution >= 4 is 17.0 Å². The van der Waals surface area contributed by atoms with Crippen LogP contribution >= 0.6 is 11.3 Å². The van der Waals surface area contributed by atoms with E-state index < -0.39 is 0 Å². The van der Waals surface area contributed by atoms with Crippen molar-refractivity contribution in [2.24, 2.45) is 0 Å². The largest absolute Gasteiger partial charge is 0.506 e. The first-order chi connectivity index (χ1) is 11.8. The molecule has 0 atom stereocenters. The van der Waals surface area contributed by atoms with Gasteiger partial charge in [-0.2, -0.15) is 0 Å². The Bertz CT molecular complexity index is 792. The van der Waals surface area contributed by atoms with Crippen molar-refractivity contribution in [1.82, 2.24) is 9.88 Å². The van der Waals surface area contributed by atoms with E-state index in [9.17, 15) is 5.11 Å². The first-order valence-electron chi connectivity index (χ1n) is 8.03. The number of aromatic nitrogens is 1. The predicted octanol–water partition coefficient (Wildman–Crippen LogP) is 3.43. The van der Waals surface area contributed by atoms with Gasteiger partial charge < -0.3 is 14.4 Å². The summed E-state index contributed by atoms with van der Waals surface area (Å²) in [7, 11) is 0. The highest BCUT2D eigenvalue weighted by Crippen LogP contribution is 2.28. The van der Waals surface area contributed by atoms with Gasteiger partial charge in [0.1, 0.15) is 12.0 Å². The molecule has 0 aliphatic carbocycles. The molecule has 1 N–H and O–H groups in total. The zero-order valence-corrected chi connectivity index (χ0v) is 14.1. The highest BCUT2D eigenvalue weighted by molar-refractivity contribution is 7.13. The lowest BCUT2D eigenvalue weighted by Gasteiger charge is -2.35. The molecule has 2 aromatic heterocycles. The van der Waals surface area contributed by atoms with Crippen molar-refractivity contribution in [3.05, 3.63) is 53.7 Å². The van der Waals surface area contributed by atoms with Crippen LogP contribution in [0.15, 0.2) is 52.5 Å². The molecule has 0 unspecified atom stereocenters. The second-order valence-corrected chi connectivity index (χ2v) is 6.82. The van der Waals surface area contributed by atoms with Crippen LogP contribution in [0.25, 0.3) is 10.8 Å². The van der Waals surface area contributed by atoms with Crippen LogP contribution in [0.3, 0.4) is 0 Å². The fraction of sp³-hybridized carbons (Fsp3) is 0.278. The van der Waals surface area contributed by atoms with Crippen molar-refractivity contribution in [1.29, 1.82) is 0 Å². The number of para-hydroxylation sites is 2. The summed E-state index contributed by atoms with van der Waals surface area (Å²) in [5.41, 5.74) is 1.88. The number of hydrogen-bond donors (Lipinski definition) is 1. The van der Waals surface area contributed by atoms with E-state index in [-0.39, 0.29) is 0 Å². The van der Waals surface area contributed by atoms with Gasteiger partial charge in [0.05, 0.1) is 16.3 Å². The van der Waals surface area contributed by atoms with Gasteiger partial charge in [-0.1, -0.05) is 18.2 Å². The number of anilines is 1. The Hall–Kier alpha value is -2.31. The van der Waals surface area contributed by atoms with Gasteiger partial charge in [-0.3, -0.25) is 4.90 Å². The third-order valence-electron chi connectivity index (χ3n) is 4.26. The van der Waals surface area contributed by atoms with Crippen LogP contribution in [0, 0.1) is 0 Å². The third-order valence-corrected chi connectivity index (χ3v) is 5.12. The monoisotopic (exact) mass is 341 g/mol. The maximum absolute atomic E-state index is 9.98. The number of piperazine rings is 1. The number of oxazole rings is 1. The van der Waals surface area contributed by atoms with Gasteiger partial charge in [-0.15, -0.1) is 11.3 Å². The molecule has 0 spiro atoms. The molecule has 124 valence electrons. The number of phenols is 1. The molecule has 0 bridgehead atoms. The second kappa shape index (κ2) is 6.67. The lowest BCUT2D eigenvalue weighted by Crippen LogP contribution is -2.46. The molecule has 1 saturated heterocycles. The topological polar surface area (TPSA) is 52.7 Å². The van der Waals surface area contributed by atoms with Crippen molar-refractivity contribution in [2.75, 3.05) is 31.1 Å². The fourth-order valence-corrected chi connectivity index (χ4v) is 3.66. The molecule has 24 heavy (non-hydrogen) atoms. The lowest BCUT2D eigenvalue weighted by molar-refractivity contribution is 0.246. The molecular formula is C18H19N3O2S. The Kier molecular flexibility index (Phi) is 4.23. The van der Waals surface area contributed by atoms with Crippen LogP contribution in [0.5, 0.6) is 5.75 Å². The molecule has 6 heteroatoms. The molecule has 0 saturated carbocycles. The summed E-state index contributed by atoms with van der Waals surface area (Å²) in [6, 6.07) is 11.5. The summed E-state index contributed by atoms with van der Waals surface area (Å²) >= 11 is 1.63. The number of thiophene rings is 1. The van der Waals surface area contributed by atoms with E-state index in [1.807, 2.05) is 35.7 Å². The molecule has 3 heterocycles. The molecule has 4 rings (SSSR count). The Balaban J connectivity index is 1.36. The molecule has 1 aliphatic heterocycles. The highest BCUT2D eigenvalue weighted by atomic mass is 32.1. The van der Waals surface area contributed by atoms with E-state index in [2.05, 4.69) is 14.8 Å². The van der Waals surface area contributed by atoms with Gasteiger partial charge in [0.25, 0.3) is 0 Å². The second-order valence-electron chi connectivity index (χ2n) is 5.87.